The van der Waals surface area contributed by atoms with E-state index in [0.29, 0.717) is 46.6 Å². The summed E-state index contributed by atoms with van der Waals surface area (Å²) in [5.74, 6) is -0.0842. The van der Waals surface area contributed by atoms with Crippen molar-refractivity contribution in [3.8, 4) is 22.6 Å². The average Bonchev–Trinajstić information content (AvgIpc) is 3.02. The summed E-state index contributed by atoms with van der Waals surface area (Å²) in [4.78, 5) is 26.4. The second-order valence-electron chi connectivity index (χ2n) is 11.2. The lowest BCUT2D eigenvalue weighted by atomic mass is 9.93. The molecule has 0 radical (unpaired) electrons. The van der Waals surface area contributed by atoms with Crippen molar-refractivity contribution in [2.45, 2.75) is 39.3 Å². The van der Waals surface area contributed by atoms with Crippen LogP contribution in [0.15, 0.2) is 72.8 Å². The average molecular weight is 643 g/mol. The molecule has 4 rings (SSSR count). The van der Waals surface area contributed by atoms with Crippen LogP contribution >= 0.6 is 11.6 Å². The summed E-state index contributed by atoms with van der Waals surface area (Å²) in [7, 11) is 1.61. The zero-order valence-electron chi connectivity index (χ0n) is 26.0. The third-order valence-corrected chi connectivity index (χ3v) is 7.55. The third-order valence-electron chi connectivity index (χ3n) is 7.25. The van der Waals surface area contributed by atoms with Gasteiger partial charge in [0.2, 0.25) is 5.91 Å². The fourth-order valence-corrected chi connectivity index (χ4v) is 5.30. The van der Waals surface area contributed by atoms with Gasteiger partial charge in [0.05, 0.1) is 24.2 Å². The second kappa shape index (κ2) is 15.2. The number of hydrogen-bond donors (Lipinski definition) is 7. The maximum Gasteiger partial charge on any atom is 0.251 e. The van der Waals surface area contributed by atoms with Gasteiger partial charge in [-0.2, -0.15) is 0 Å². The molecular weight excluding hydrogens is 604 g/mol. The first-order chi connectivity index (χ1) is 21.9. The summed E-state index contributed by atoms with van der Waals surface area (Å²) in [6, 6.07) is 21.0. The number of carbonyl (C=O) groups excluding carboxylic acids is 2. The molecule has 10 nitrogen and oxygen atoms in total. The molecular formula is C35H39ClN6O4. The van der Waals surface area contributed by atoms with Crippen LogP contribution < -0.4 is 32.2 Å². The van der Waals surface area contributed by atoms with Crippen molar-refractivity contribution in [3.05, 3.63) is 106 Å². The van der Waals surface area contributed by atoms with Crippen LogP contribution in [0, 0.1) is 5.41 Å². The Labute approximate surface area is 273 Å². The maximum atomic E-state index is 13.2. The number of nitrogens with one attached hydrogen (secondary N) is 4. The number of ether oxygens (including phenoxy) is 1. The Morgan fingerprint density at radius 3 is 2.26 bits per heavy atom. The Morgan fingerprint density at radius 1 is 0.957 bits per heavy atom. The Kier molecular flexibility index (Phi) is 11.1. The second-order valence-corrected chi connectivity index (χ2v) is 11.6. The highest BCUT2D eigenvalue weighted by molar-refractivity contribution is 6.34. The number of phenolic OH excluding ortho intramolecular Hbond substituents is 1. The van der Waals surface area contributed by atoms with E-state index in [4.69, 9.17) is 33.2 Å². The minimum atomic E-state index is -0.356. The fourth-order valence-electron chi connectivity index (χ4n) is 4.97. The molecule has 0 saturated carbocycles. The number of halogens is 1. The molecule has 0 aliphatic carbocycles. The maximum absolute atomic E-state index is 13.2. The molecule has 9 N–H and O–H groups in total. The summed E-state index contributed by atoms with van der Waals surface area (Å²) in [5.41, 5.74) is 16.4. The number of hydrogen-bond acceptors (Lipinski definition) is 7. The third kappa shape index (κ3) is 8.70. The number of carbonyl (C=O) groups is 2. The van der Waals surface area contributed by atoms with Crippen LogP contribution in [0.3, 0.4) is 0 Å². The van der Waals surface area contributed by atoms with Crippen molar-refractivity contribution >= 4 is 40.6 Å². The number of benzene rings is 4. The van der Waals surface area contributed by atoms with E-state index in [0.717, 1.165) is 16.9 Å². The highest BCUT2D eigenvalue weighted by Crippen LogP contribution is 2.43. The minimum absolute atomic E-state index is 0.0203. The standard InChI is InChI=1S/C35H39ClN6O4/c1-20(2)42-30-18-29(36)32(28(33(30)44)17-31(43)41-19-22-4-8-23(9-5-22)34(38)39)24-14-25(16-26(37)15-24)35(45)40-13-12-21-6-10-27(46-3)11-7-21/h4-11,14-16,18,20,42,44H,12-13,17,19,37H2,1-3H3,(H3,38,39)(H,40,45)(H,41,43). The largest absolute Gasteiger partial charge is 0.505 e. The van der Waals surface area contributed by atoms with Gasteiger partial charge in [0.15, 0.2) is 0 Å². The summed E-state index contributed by atoms with van der Waals surface area (Å²) in [5, 5.41) is 28.2. The van der Waals surface area contributed by atoms with Gasteiger partial charge in [0.1, 0.15) is 17.3 Å². The zero-order chi connectivity index (χ0) is 33.4. The molecule has 0 heterocycles. The molecule has 11 heteroatoms. The zero-order valence-corrected chi connectivity index (χ0v) is 26.8. The van der Waals surface area contributed by atoms with E-state index in [1.807, 2.05) is 38.1 Å². The van der Waals surface area contributed by atoms with Crippen molar-refractivity contribution in [2.24, 2.45) is 5.73 Å². The molecule has 46 heavy (non-hydrogen) atoms. The van der Waals surface area contributed by atoms with Crippen LogP contribution in [-0.2, 0) is 24.2 Å². The first kappa shape index (κ1) is 33.7. The summed E-state index contributed by atoms with van der Waals surface area (Å²) >= 11 is 6.82. The summed E-state index contributed by atoms with van der Waals surface area (Å²) < 4.78 is 5.20. The van der Waals surface area contributed by atoms with E-state index < -0.39 is 0 Å². The molecule has 0 aromatic heterocycles. The number of phenols is 1. The SMILES string of the molecule is COc1ccc(CCNC(=O)c2cc(N)cc(-c3c(Cl)cc(NC(C)C)c(O)c3CC(=O)NCc3ccc(C(=N)N)cc3)c2)cc1. The molecule has 4 aromatic rings. The van der Waals surface area contributed by atoms with Crippen molar-refractivity contribution in [3.63, 3.8) is 0 Å². The fraction of sp³-hybridized carbons (Fsp3) is 0.229. The highest BCUT2D eigenvalue weighted by Gasteiger charge is 2.22. The van der Waals surface area contributed by atoms with Gasteiger partial charge in [0, 0.05) is 47.1 Å². The van der Waals surface area contributed by atoms with E-state index in [-0.39, 0.29) is 53.0 Å². The molecule has 0 fully saturated rings. The Bertz CT molecular complexity index is 1720. The van der Waals surface area contributed by atoms with Gasteiger partial charge in [-0.25, -0.2) is 0 Å². The van der Waals surface area contributed by atoms with E-state index >= 15 is 0 Å². The van der Waals surface area contributed by atoms with Gasteiger partial charge in [-0.15, -0.1) is 0 Å². The molecule has 0 bridgehead atoms. The van der Waals surface area contributed by atoms with E-state index in [9.17, 15) is 14.7 Å². The van der Waals surface area contributed by atoms with Crippen molar-refractivity contribution in [2.75, 3.05) is 24.7 Å². The molecule has 0 aliphatic rings. The van der Waals surface area contributed by atoms with Crippen LogP contribution in [0.4, 0.5) is 11.4 Å². The van der Waals surface area contributed by atoms with Gasteiger partial charge < -0.3 is 37.3 Å². The molecule has 0 atom stereocenters. The predicted octanol–water partition coefficient (Wildman–Crippen LogP) is 5.24. The first-order valence-electron chi connectivity index (χ1n) is 14.8. The lowest BCUT2D eigenvalue weighted by Crippen LogP contribution is -2.26. The van der Waals surface area contributed by atoms with Crippen LogP contribution in [0.1, 0.15) is 46.5 Å². The van der Waals surface area contributed by atoms with Crippen LogP contribution in [0.25, 0.3) is 11.1 Å². The molecule has 0 unspecified atom stereocenters. The van der Waals surface area contributed by atoms with Crippen LogP contribution in [0.5, 0.6) is 11.5 Å². The number of amides is 2. The summed E-state index contributed by atoms with van der Waals surface area (Å²) in [6.07, 6.45) is 0.424. The van der Waals surface area contributed by atoms with Crippen molar-refractivity contribution < 1.29 is 19.4 Å². The Balaban J connectivity index is 1.58. The number of aromatic hydroxyl groups is 1. The monoisotopic (exact) mass is 642 g/mol. The highest BCUT2D eigenvalue weighted by atomic mass is 35.5. The molecule has 240 valence electrons. The quantitative estimate of drug-likeness (QED) is 0.0451. The summed E-state index contributed by atoms with van der Waals surface area (Å²) in [6.45, 7) is 4.46. The minimum Gasteiger partial charge on any atom is -0.505 e. The topological polar surface area (TPSA) is 176 Å². The van der Waals surface area contributed by atoms with Gasteiger partial charge >= 0.3 is 0 Å². The van der Waals surface area contributed by atoms with E-state index in [2.05, 4.69) is 16.0 Å². The van der Waals surface area contributed by atoms with Crippen molar-refractivity contribution in [1.29, 1.82) is 5.41 Å². The number of methoxy groups -OCH3 is 1. The van der Waals surface area contributed by atoms with E-state index in [1.54, 1.807) is 55.6 Å². The number of amidine groups is 1. The molecule has 0 aliphatic heterocycles. The lowest BCUT2D eigenvalue weighted by molar-refractivity contribution is -0.120. The smallest absolute Gasteiger partial charge is 0.251 e. The number of nitrogen functional groups attached to an aromatic ring is 2. The van der Waals surface area contributed by atoms with Gasteiger partial charge in [0.25, 0.3) is 5.91 Å². The first-order valence-corrected chi connectivity index (χ1v) is 15.2. The molecule has 0 spiro atoms. The van der Waals surface area contributed by atoms with Gasteiger partial charge in [-0.05, 0) is 73.4 Å². The van der Waals surface area contributed by atoms with Gasteiger partial charge in [-0.1, -0.05) is 48.0 Å². The molecule has 2 amide bonds. The van der Waals surface area contributed by atoms with Gasteiger partial charge in [-0.3, -0.25) is 15.0 Å². The van der Waals surface area contributed by atoms with Crippen molar-refractivity contribution in [1.82, 2.24) is 10.6 Å². The number of nitrogens with two attached hydrogens (primary N) is 2. The number of anilines is 2. The lowest BCUT2D eigenvalue weighted by Gasteiger charge is -2.20. The van der Waals surface area contributed by atoms with Crippen LogP contribution in [-0.4, -0.2) is 42.5 Å². The molecule has 0 saturated heterocycles. The Morgan fingerprint density at radius 2 is 1.63 bits per heavy atom. The van der Waals surface area contributed by atoms with E-state index in [1.165, 1.54) is 0 Å². The van der Waals surface area contributed by atoms with Crippen LogP contribution in [0.2, 0.25) is 5.02 Å². The normalized spacial score (nSPS) is 10.8. The Hall–Kier alpha value is -5.22. The number of rotatable bonds is 13. The molecule has 4 aromatic carbocycles. The predicted molar refractivity (Wildman–Crippen MR) is 184 cm³/mol.